The van der Waals surface area contributed by atoms with Gasteiger partial charge < -0.3 is 5.32 Å². The number of carbonyl (C=O) groups excluding carboxylic acids is 2. The van der Waals surface area contributed by atoms with Gasteiger partial charge in [0, 0.05) is 24.4 Å². The van der Waals surface area contributed by atoms with E-state index in [1.54, 1.807) is 5.38 Å². The van der Waals surface area contributed by atoms with Crippen molar-refractivity contribution >= 4 is 28.3 Å². The third-order valence-corrected chi connectivity index (χ3v) is 4.45. The van der Waals surface area contributed by atoms with Gasteiger partial charge in [0.25, 0.3) is 5.91 Å². The van der Waals surface area contributed by atoms with Crippen LogP contribution < -0.4 is 10.6 Å². The summed E-state index contributed by atoms with van der Waals surface area (Å²) >= 11 is 1.18. The molecule has 0 aliphatic rings. The van der Waals surface area contributed by atoms with Crippen LogP contribution in [0.25, 0.3) is 11.3 Å². The summed E-state index contributed by atoms with van der Waals surface area (Å²) in [6, 6.07) is 10.1. The first-order valence-corrected chi connectivity index (χ1v) is 8.86. The predicted octanol–water partition coefficient (Wildman–Crippen LogP) is 3.98. The van der Waals surface area contributed by atoms with E-state index >= 15 is 0 Å². The van der Waals surface area contributed by atoms with E-state index in [2.05, 4.69) is 15.6 Å². The molecule has 0 atom stereocenters. The topological polar surface area (TPSA) is 71.1 Å². The highest BCUT2D eigenvalue weighted by Gasteiger charge is 2.15. The molecule has 0 unspecified atom stereocenters. The minimum atomic E-state index is -0.805. The van der Waals surface area contributed by atoms with Crippen molar-refractivity contribution in [1.29, 1.82) is 0 Å². The molecule has 0 radical (unpaired) electrons. The Balaban J connectivity index is 1.70. The fourth-order valence-corrected chi connectivity index (χ4v) is 3.03. The van der Waals surface area contributed by atoms with E-state index in [1.165, 1.54) is 18.3 Å². The number of carbonyl (C=O) groups is 2. The first-order chi connectivity index (χ1) is 12.9. The maximum Gasteiger partial charge on any atom is 0.260 e. The van der Waals surface area contributed by atoms with E-state index in [0.717, 1.165) is 29.3 Å². The lowest BCUT2D eigenvalue weighted by Crippen LogP contribution is -2.18. The number of hydrogen-bond acceptors (Lipinski definition) is 4. The van der Waals surface area contributed by atoms with Crippen LogP contribution in [0.15, 0.2) is 47.8 Å². The average molecular weight is 387 g/mol. The van der Waals surface area contributed by atoms with Crippen LogP contribution in [-0.2, 0) is 11.3 Å². The molecule has 1 aromatic heterocycles. The lowest BCUT2D eigenvalue weighted by Gasteiger charge is -2.04. The van der Waals surface area contributed by atoms with Crippen LogP contribution in [0.5, 0.6) is 0 Å². The first kappa shape index (κ1) is 18.7. The number of anilines is 1. The van der Waals surface area contributed by atoms with Crippen molar-refractivity contribution in [1.82, 2.24) is 10.3 Å². The Kier molecular flexibility index (Phi) is 5.56. The molecule has 2 aromatic carbocycles. The van der Waals surface area contributed by atoms with E-state index in [0.29, 0.717) is 12.2 Å². The zero-order chi connectivity index (χ0) is 19.4. The van der Waals surface area contributed by atoms with Gasteiger partial charge in [-0.2, -0.15) is 0 Å². The van der Waals surface area contributed by atoms with Gasteiger partial charge in [0.05, 0.1) is 11.3 Å². The van der Waals surface area contributed by atoms with Crippen molar-refractivity contribution in [3.8, 4) is 11.3 Å². The maximum atomic E-state index is 13.7. The van der Waals surface area contributed by atoms with Crippen LogP contribution >= 0.6 is 11.3 Å². The van der Waals surface area contributed by atoms with Gasteiger partial charge in [-0.1, -0.05) is 24.3 Å². The number of halogens is 2. The Bertz CT molecular complexity index is 987. The van der Waals surface area contributed by atoms with Crippen LogP contribution in [0.1, 0.15) is 22.8 Å². The van der Waals surface area contributed by atoms with Gasteiger partial charge in [-0.05, 0) is 23.8 Å². The van der Waals surface area contributed by atoms with Crippen molar-refractivity contribution in [2.45, 2.75) is 13.5 Å². The Labute approximate surface area is 158 Å². The number of aromatic nitrogens is 1. The molecule has 2 N–H and O–H groups in total. The van der Waals surface area contributed by atoms with Crippen LogP contribution in [-0.4, -0.2) is 16.8 Å². The summed E-state index contributed by atoms with van der Waals surface area (Å²) in [5.74, 6) is -2.37. The van der Waals surface area contributed by atoms with Gasteiger partial charge in [0.1, 0.15) is 11.6 Å². The lowest BCUT2D eigenvalue weighted by atomic mass is 10.1. The number of benzene rings is 2. The molecule has 0 bridgehead atoms. The average Bonchev–Trinajstić information content (AvgIpc) is 3.10. The quantitative estimate of drug-likeness (QED) is 0.696. The summed E-state index contributed by atoms with van der Waals surface area (Å²) in [5, 5.41) is 7.22. The zero-order valence-corrected chi connectivity index (χ0v) is 15.1. The van der Waals surface area contributed by atoms with Crippen molar-refractivity contribution in [3.05, 3.63) is 70.6 Å². The molecular weight excluding hydrogens is 372 g/mol. The number of hydrogen-bond donors (Lipinski definition) is 2. The predicted molar refractivity (Wildman–Crippen MR) is 99.4 cm³/mol. The van der Waals surface area contributed by atoms with Gasteiger partial charge in [-0.15, -0.1) is 11.3 Å². The molecule has 0 aliphatic carbocycles. The van der Waals surface area contributed by atoms with Crippen LogP contribution in [0.3, 0.4) is 0 Å². The highest BCUT2D eigenvalue weighted by molar-refractivity contribution is 7.14. The summed E-state index contributed by atoms with van der Waals surface area (Å²) in [5.41, 5.74) is 2.03. The van der Waals surface area contributed by atoms with Gasteiger partial charge in [-0.3, -0.25) is 14.9 Å². The molecule has 0 aliphatic heterocycles. The van der Waals surface area contributed by atoms with Gasteiger partial charge in [-0.25, -0.2) is 13.8 Å². The minimum Gasteiger partial charge on any atom is -0.352 e. The van der Waals surface area contributed by atoms with Crippen LogP contribution in [0, 0.1) is 11.6 Å². The summed E-state index contributed by atoms with van der Waals surface area (Å²) in [6.07, 6.45) is 0. The number of rotatable bonds is 5. The van der Waals surface area contributed by atoms with E-state index in [4.69, 9.17) is 0 Å². The van der Waals surface area contributed by atoms with Crippen LogP contribution in [0.2, 0.25) is 0 Å². The Hall–Kier alpha value is -3.13. The monoisotopic (exact) mass is 387 g/mol. The van der Waals surface area contributed by atoms with Gasteiger partial charge >= 0.3 is 0 Å². The summed E-state index contributed by atoms with van der Waals surface area (Å²) < 4.78 is 26.9. The van der Waals surface area contributed by atoms with Gasteiger partial charge in [0.2, 0.25) is 5.91 Å². The second kappa shape index (κ2) is 8.05. The lowest BCUT2D eigenvalue weighted by molar-refractivity contribution is -0.119. The van der Waals surface area contributed by atoms with Crippen molar-refractivity contribution in [3.63, 3.8) is 0 Å². The van der Waals surface area contributed by atoms with E-state index in [9.17, 15) is 18.4 Å². The number of nitrogens with zero attached hydrogens (tertiary/aromatic N) is 1. The standard InChI is InChI=1S/C19H15F2N3O2S/c1-11(25)22-9-12-2-4-13(5-3-12)17-10-27-19(23-17)24-18(26)15-8-14(20)6-7-16(15)21/h2-8,10H,9H2,1H3,(H,22,25)(H,23,24,26). The second-order valence-corrected chi connectivity index (χ2v) is 6.58. The van der Waals surface area contributed by atoms with Gasteiger partial charge in [0.15, 0.2) is 5.13 Å². The SMILES string of the molecule is CC(=O)NCc1ccc(-c2csc(NC(=O)c3cc(F)ccc3F)n2)cc1. The number of thiazole rings is 1. The molecular formula is C19H15F2N3O2S. The highest BCUT2D eigenvalue weighted by atomic mass is 32.1. The number of nitrogens with one attached hydrogen (secondary N) is 2. The molecule has 0 fully saturated rings. The molecule has 0 saturated heterocycles. The fourth-order valence-electron chi connectivity index (χ4n) is 2.32. The first-order valence-electron chi connectivity index (χ1n) is 7.98. The third-order valence-electron chi connectivity index (χ3n) is 3.69. The Morgan fingerprint density at radius 3 is 2.56 bits per heavy atom. The Morgan fingerprint density at radius 1 is 1.11 bits per heavy atom. The van der Waals surface area contributed by atoms with E-state index in [-0.39, 0.29) is 16.6 Å². The molecule has 0 spiro atoms. The molecule has 5 nitrogen and oxygen atoms in total. The molecule has 138 valence electrons. The highest BCUT2D eigenvalue weighted by Crippen LogP contribution is 2.26. The molecule has 3 rings (SSSR count). The molecule has 2 amide bonds. The molecule has 3 aromatic rings. The summed E-state index contributed by atoms with van der Waals surface area (Å²) in [4.78, 5) is 27.4. The molecule has 8 heteroatoms. The summed E-state index contributed by atoms with van der Waals surface area (Å²) in [7, 11) is 0. The second-order valence-electron chi connectivity index (χ2n) is 5.72. The van der Waals surface area contributed by atoms with Crippen molar-refractivity contribution in [2.24, 2.45) is 0 Å². The minimum absolute atomic E-state index is 0.103. The summed E-state index contributed by atoms with van der Waals surface area (Å²) in [6.45, 7) is 1.89. The third kappa shape index (κ3) is 4.73. The van der Waals surface area contributed by atoms with E-state index < -0.39 is 17.5 Å². The zero-order valence-electron chi connectivity index (χ0n) is 14.3. The number of amides is 2. The fraction of sp³-hybridized carbons (Fsp3) is 0.105. The molecule has 27 heavy (non-hydrogen) atoms. The van der Waals surface area contributed by atoms with Crippen molar-refractivity contribution in [2.75, 3.05) is 5.32 Å². The Morgan fingerprint density at radius 2 is 1.85 bits per heavy atom. The smallest absolute Gasteiger partial charge is 0.260 e. The maximum absolute atomic E-state index is 13.7. The van der Waals surface area contributed by atoms with Crippen LogP contribution in [0.4, 0.5) is 13.9 Å². The normalized spacial score (nSPS) is 10.5. The van der Waals surface area contributed by atoms with Crippen molar-refractivity contribution < 1.29 is 18.4 Å². The van der Waals surface area contributed by atoms with E-state index in [1.807, 2.05) is 24.3 Å². The molecule has 1 heterocycles. The molecule has 0 saturated carbocycles. The largest absolute Gasteiger partial charge is 0.352 e.